The molecule has 17 heavy (non-hydrogen) atoms. The van der Waals surface area contributed by atoms with Crippen LogP contribution < -0.4 is 9.47 Å². The van der Waals surface area contributed by atoms with Crippen LogP contribution in [-0.2, 0) is 0 Å². The summed E-state index contributed by atoms with van der Waals surface area (Å²) in [6.07, 6.45) is 0.462. The molecule has 0 amide bonds. The van der Waals surface area contributed by atoms with E-state index < -0.39 is 0 Å². The Morgan fingerprint density at radius 2 is 1.76 bits per heavy atom. The minimum absolute atomic E-state index is 0.0534. The average molecular weight is 238 g/mol. The fraction of sp³-hybridized carbons (Fsp3) is 0.500. The summed E-state index contributed by atoms with van der Waals surface area (Å²) in [7, 11) is 6.88. The van der Waals surface area contributed by atoms with E-state index in [9.17, 15) is 4.79 Å². The normalized spacial score (nSPS) is 10.4. The lowest BCUT2D eigenvalue weighted by molar-refractivity contribution is 0.0971. The molecular formula is C12H18N2O3. The lowest BCUT2D eigenvalue weighted by Crippen LogP contribution is -2.16. The lowest BCUT2D eigenvalue weighted by atomic mass is 10.1. The maximum Gasteiger partial charge on any atom is 0.216 e. The first-order valence-electron chi connectivity index (χ1n) is 5.34. The molecule has 1 rings (SSSR count). The molecule has 1 heterocycles. The van der Waals surface area contributed by atoms with Gasteiger partial charge in [-0.2, -0.15) is 4.98 Å². The quantitative estimate of drug-likeness (QED) is 0.698. The molecule has 0 saturated carbocycles. The van der Waals surface area contributed by atoms with Crippen LogP contribution in [0, 0.1) is 0 Å². The van der Waals surface area contributed by atoms with Gasteiger partial charge in [-0.3, -0.25) is 4.79 Å². The number of carbonyl (C=O) groups is 1. The fourth-order valence-electron chi connectivity index (χ4n) is 1.32. The Morgan fingerprint density at radius 3 is 2.18 bits per heavy atom. The van der Waals surface area contributed by atoms with E-state index in [-0.39, 0.29) is 5.78 Å². The molecule has 0 saturated heterocycles. The number of Topliss-reactive ketones (excluding diaryl/α,β-unsaturated/α-hetero) is 1. The van der Waals surface area contributed by atoms with Crippen LogP contribution in [-0.4, -0.2) is 50.5 Å². The third kappa shape index (κ3) is 4.03. The number of methoxy groups -OCH3 is 2. The van der Waals surface area contributed by atoms with E-state index in [1.165, 1.54) is 14.2 Å². The van der Waals surface area contributed by atoms with Crippen LogP contribution in [0.1, 0.15) is 16.8 Å². The summed E-state index contributed by atoms with van der Waals surface area (Å²) in [6, 6.07) is 3.25. The molecule has 0 aliphatic carbocycles. The van der Waals surface area contributed by atoms with Gasteiger partial charge in [0.2, 0.25) is 11.8 Å². The number of aromatic nitrogens is 1. The topological polar surface area (TPSA) is 51.7 Å². The molecule has 0 fully saturated rings. The Morgan fingerprint density at radius 1 is 1.24 bits per heavy atom. The Balaban J connectivity index is 2.84. The molecule has 1 aromatic rings. The second kappa shape index (κ2) is 6.20. The van der Waals surface area contributed by atoms with Crippen LogP contribution >= 0.6 is 0 Å². The highest BCUT2D eigenvalue weighted by molar-refractivity contribution is 5.96. The van der Waals surface area contributed by atoms with Crippen LogP contribution in [0.2, 0.25) is 0 Å². The summed E-state index contributed by atoms with van der Waals surface area (Å²) < 4.78 is 10.0. The Bertz CT molecular complexity index is 369. The van der Waals surface area contributed by atoms with E-state index in [0.717, 1.165) is 0 Å². The van der Waals surface area contributed by atoms with Crippen molar-refractivity contribution in [3.63, 3.8) is 0 Å². The van der Waals surface area contributed by atoms with Crippen LogP contribution in [0.3, 0.4) is 0 Å². The van der Waals surface area contributed by atoms with E-state index in [1.807, 2.05) is 19.0 Å². The molecule has 0 N–H and O–H groups in total. The van der Waals surface area contributed by atoms with Crippen molar-refractivity contribution in [2.45, 2.75) is 6.42 Å². The van der Waals surface area contributed by atoms with Gasteiger partial charge in [0.25, 0.3) is 0 Å². The standard InChI is InChI=1S/C12H18N2O3/c1-14(2)6-5-10(15)9-7-11(16-3)13-12(8-9)17-4/h7-8H,5-6H2,1-4H3. The molecule has 5 heteroatoms. The van der Waals surface area contributed by atoms with Gasteiger partial charge >= 0.3 is 0 Å². The first kappa shape index (κ1) is 13.4. The molecule has 0 aliphatic rings. The Labute approximate surface area is 101 Å². The van der Waals surface area contributed by atoms with E-state index in [4.69, 9.17) is 9.47 Å². The van der Waals surface area contributed by atoms with Gasteiger partial charge in [-0.1, -0.05) is 0 Å². The van der Waals surface area contributed by atoms with Crippen molar-refractivity contribution < 1.29 is 14.3 Å². The van der Waals surface area contributed by atoms with Crippen LogP contribution in [0.25, 0.3) is 0 Å². The first-order chi connectivity index (χ1) is 8.06. The van der Waals surface area contributed by atoms with E-state index in [2.05, 4.69) is 4.98 Å². The molecule has 0 spiro atoms. The summed E-state index contributed by atoms with van der Waals surface area (Å²) in [5.41, 5.74) is 0.565. The van der Waals surface area contributed by atoms with Crippen molar-refractivity contribution in [1.82, 2.24) is 9.88 Å². The van der Waals surface area contributed by atoms with Crippen molar-refractivity contribution in [3.05, 3.63) is 17.7 Å². The van der Waals surface area contributed by atoms with Crippen molar-refractivity contribution in [2.24, 2.45) is 0 Å². The summed E-state index contributed by atoms with van der Waals surface area (Å²) in [5.74, 6) is 0.827. The van der Waals surface area contributed by atoms with Gasteiger partial charge in [-0.25, -0.2) is 0 Å². The second-order valence-electron chi connectivity index (χ2n) is 3.92. The predicted molar refractivity (Wildman–Crippen MR) is 64.8 cm³/mol. The molecular weight excluding hydrogens is 220 g/mol. The monoisotopic (exact) mass is 238 g/mol. The SMILES string of the molecule is COc1cc(C(=O)CCN(C)C)cc(OC)n1. The third-order valence-corrected chi connectivity index (χ3v) is 2.30. The smallest absolute Gasteiger partial charge is 0.216 e. The highest BCUT2D eigenvalue weighted by Gasteiger charge is 2.11. The fourth-order valence-corrected chi connectivity index (χ4v) is 1.32. The van der Waals surface area contributed by atoms with E-state index >= 15 is 0 Å². The number of hydrogen-bond acceptors (Lipinski definition) is 5. The Hall–Kier alpha value is -1.62. The molecule has 0 aromatic carbocycles. The number of rotatable bonds is 6. The van der Waals surface area contributed by atoms with Gasteiger partial charge in [-0.15, -0.1) is 0 Å². The largest absolute Gasteiger partial charge is 0.481 e. The molecule has 1 aromatic heterocycles. The molecule has 0 unspecified atom stereocenters. The molecule has 94 valence electrons. The van der Waals surface area contributed by atoms with Crippen molar-refractivity contribution >= 4 is 5.78 Å². The zero-order chi connectivity index (χ0) is 12.8. The first-order valence-corrected chi connectivity index (χ1v) is 5.34. The maximum absolute atomic E-state index is 11.9. The lowest BCUT2D eigenvalue weighted by Gasteiger charge is -2.09. The number of ether oxygens (including phenoxy) is 2. The van der Waals surface area contributed by atoms with Crippen molar-refractivity contribution in [1.29, 1.82) is 0 Å². The van der Waals surface area contributed by atoms with Crippen LogP contribution in [0.15, 0.2) is 12.1 Å². The van der Waals surface area contributed by atoms with Gasteiger partial charge in [0.05, 0.1) is 14.2 Å². The number of hydrogen-bond donors (Lipinski definition) is 0. The van der Waals surface area contributed by atoms with Gasteiger partial charge < -0.3 is 14.4 Å². The van der Waals surface area contributed by atoms with Crippen LogP contribution in [0.4, 0.5) is 0 Å². The molecule has 0 bridgehead atoms. The number of nitrogens with zero attached hydrogens (tertiary/aromatic N) is 2. The number of pyridine rings is 1. The van der Waals surface area contributed by atoms with Gasteiger partial charge in [0.1, 0.15) is 0 Å². The zero-order valence-electron chi connectivity index (χ0n) is 10.7. The summed E-state index contributed by atoms with van der Waals surface area (Å²) >= 11 is 0. The Kier molecular flexibility index (Phi) is 4.90. The molecule has 5 nitrogen and oxygen atoms in total. The number of ketones is 1. The van der Waals surface area contributed by atoms with Gasteiger partial charge in [0.15, 0.2) is 5.78 Å². The minimum Gasteiger partial charge on any atom is -0.481 e. The highest BCUT2D eigenvalue weighted by Crippen LogP contribution is 2.18. The molecule has 0 atom stereocenters. The molecule has 0 aliphatic heterocycles. The summed E-state index contributed by atoms with van der Waals surface area (Å²) in [6.45, 7) is 0.714. The summed E-state index contributed by atoms with van der Waals surface area (Å²) in [5, 5.41) is 0. The molecule has 0 radical (unpaired) electrons. The predicted octanol–water partition coefficient (Wildman–Crippen LogP) is 1.23. The average Bonchev–Trinajstić information content (AvgIpc) is 2.34. The van der Waals surface area contributed by atoms with E-state index in [0.29, 0.717) is 30.3 Å². The van der Waals surface area contributed by atoms with Gasteiger partial charge in [-0.05, 0) is 14.1 Å². The number of carbonyl (C=O) groups excluding carboxylic acids is 1. The maximum atomic E-state index is 11.9. The van der Waals surface area contributed by atoms with Crippen LogP contribution in [0.5, 0.6) is 11.8 Å². The highest BCUT2D eigenvalue weighted by atomic mass is 16.5. The zero-order valence-corrected chi connectivity index (χ0v) is 10.7. The minimum atomic E-state index is 0.0534. The third-order valence-electron chi connectivity index (χ3n) is 2.30. The van der Waals surface area contributed by atoms with Crippen molar-refractivity contribution in [2.75, 3.05) is 34.9 Å². The van der Waals surface area contributed by atoms with Crippen molar-refractivity contribution in [3.8, 4) is 11.8 Å². The van der Waals surface area contributed by atoms with E-state index in [1.54, 1.807) is 12.1 Å². The second-order valence-corrected chi connectivity index (χ2v) is 3.92. The summed E-state index contributed by atoms with van der Waals surface area (Å²) in [4.78, 5) is 17.9. The van der Waals surface area contributed by atoms with Gasteiger partial charge in [0, 0.05) is 30.7 Å².